The molecule has 2 unspecified atom stereocenters. The molecule has 0 amide bonds. The molecule has 1 fully saturated rings. The molecule has 0 aliphatic carbocycles. The van der Waals surface area contributed by atoms with Gasteiger partial charge in [-0.3, -0.25) is 0 Å². The van der Waals surface area contributed by atoms with E-state index in [9.17, 15) is 0 Å². The lowest BCUT2D eigenvalue weighted by molar-refractivity contribution is 0.538. The van der Waals surface area contributed by atoms with Gasteiger partial charge in [0.1, 0.15) is 0 Å². The average molecular weight is 263 g/mol. The summed E-state index contributed by atoms with van der Waals surface area (Å²) in [6, 6.07) is 7.28. The third-order valence-corrected chi connectivity index (χ3v) is 5.35. The Morgan fingerprint density at radius 3 is 2.78 bits per heavy atom. The van der Waals surface area contributed by atoms with Crippen LogP contribution in [0.2, 0.25) is 0 Å². The highest BCUT2D eigenvalue weighted by Crippen LogP contribution is 2.25. The molecule has 0 radical (unpaired) electrons. The predicted molar refractivity (Wildman–Crippen MR) is 82.4 cm³/mol. The molecule has 2 heteroatoms. The fraction of sp³-hybridized carbons (Fsp3) is 0.625. The van der Waals surface area contributed by atoms with Crippen LogP contribution in [-0.2, 0) is 0 Å². The largest absolute Gasteiger partial charge is 0.309 e. The van der Waals surface area contributed by atoms with Gasteiger partial charge in [0.25, 0.3) is 0 Å². The van der Waals surface area contributed by atoms with E-state index >= 15 is 0 Å². The van der Waals surface area contributed by atoms with Crippen LogP contribution in [0.4, 0.5) is 0 Å². The van der Waals surface area contributed by atoms with Crippen LogP contribution in [0, 0.1) is 13.8 Å². The van der Waals surface area contributed by atoms with Gasteiger partial charge in [-0.25, -0.2) is 0 Å². The fourth-order valence-corrected chi connectivity index (χ4v) is 3.68. The van der Waals surface area contributed by atoms with E-state index in [0.717, 1.165) is 11.8 Å². The van der Waals surface area contributed by atoms with Crippen LogP contribution in [0.25, 0.3) is 0 Å². The Hall–Kier alpha value is -0.470. The third kappa shape index (κ3) is 3.76. The quantitative estimate of drug-likeness (QED) is 0.872. The zero-order chi connectivity index (χ0) is 13.0. The van der Waals surface area contributed by atoms with E-state index in [-0.39, 0.29) is 0 Å². The van der Waals surface area contributed by atoms with Crippen LogP contribution in [0.15, 0.2) is 18.2 Å². The summed E-state index contributed by atoms with van der Waals surface area (Å²) in [5.74, 6) is 1.35. The molecule has 1 N–H and O–H groups in total. The van der Waals surface area contributed by atoms with Gasteiger partial charge >= 0.3 is 0 Å². The van der Waals surface area contributed by atoms with Crippen LogP contribution < -0.4 is 5.32 Å². The number of thioether (sulfide) groups is 1. The fourth-order valence-electron chi connectivity index (χ4n) is 2.43. The first kappa shape index (κ1) is 14.0. The summed E-state index contributed by atoms with van der Waals surface area (Å²) in [5.41, 5.74) is 4.20. The molecule has 0 bridgehead atoms. The van der Waals surface area contributed by atoms with Gasteiger partial charge in [0.15, 0.2) is 0 Å². The third-order valence-electron chi connectivity index (χ3n) is 3.96. The molecule has 1 aliphatic heterocycles. The van der Waals surface area contributed by atoms with Crippen LogP contribution in [0.3, 0.4) is 0 Å². The minimum absolute atomic E-state index is 0.465. The SMILES string of the molecule is Cc1ccc(C(C)NCC2CCCCS2)cc1C. The normalized spacial score (nSPS) is 21.8. The van der Waals surface area contributed by atoms with E-state index in [1.54, 1.807) is 0 Å². The Morgan fingerprint density at radius 1 is 1.28 bits per heavy atom. The molecule has 0 spiro atoms. The minimum Gasteiger partial charge on any atom is -0.309 e. The highest BCUT2D eigenvalue weighted by atomic mass is 32.2. The summed E-state index contributed by atoms with van der Waals surface area (Å²) in [5, 5.41) is 4.52. The van der Waals surface area contributed by atoms with Crippen molar-refractivity contribution < 1.29 is 0 Å². The Balaban J connectivity index is 1.86. The van der Waals surface area contributed by atoms with Gasteiger partial charge in [0.2, 0.25) is 0 Å². The lowest BCUT2D eigenvalue weighted by Crippen LogP contribution is -2.29. The number of nitrogens with one attached hydrogen (secondary N) is 1. The van der Waals surface area contributed by atoms with Crippen molar-refractivity contribution in [2.45, 2.75) is 51.3 Å². The number of hydrogen-bond donors (Lipinski definition) is 1. The van der Waals surface area contributed by atoms with Crippen molar-refractivity contribution in [1.29, 1.82) is 0 Å². The van der Waals surface area contributed by atoms with E-state index < -0.39 is 0 Å². The van der Waals surface area contributed by atoms with Gasteiger partial charge in [-0.15, -0.1) is 0 Å². The van der Waals surface area contributed by atoms with Crippen molar-refractivity contribution in [3.63, 3.8) is 0 Å². The van der Waals surface area contributed by atoms with Crippen molar-refractivity contribution in [1.82, 2.24) is 5.32 Å². The maximum absolute atomic E-state index is 3.69. The Labute approximate surface area is 116 Å². The van der Waals surface area contributed by atoms with E-state index in [1.165, 1.54) is 41.7 Å². The number of aryl methyl sites for hydroxylation is 2. The topological polar surface area (TPSA) is 12.0 Å². The van der Waals surface area contributed by atoms with Crippen LogP contribution in [0.1, 0.15) is 48.9 Å². The van der Waals surface area contributed by atoms with Gasteiger partial charge in [-0.2, -0.15) is 11.8 Å². The summed E-state index contributed by atoms with van der Waals surface area (Å²) in [7, 11) is 0. The minimum atomic E-state index is 0.465. The highest BCUT2D eigenvalue weighted by Gasteiger charge is 2.15. The Morgan fingerprint density at radius 2 is 2.11 bits per heavy atom. The van der Waals surface area contributed by atoms with Gasteiger partial charge in [0.05, 0.1) is 0 Å². The van der Waals surface area contributed by atoms with Gasteiger partial charge in [0, 0.05) is 17.8 Å². The van der Waals surface area contributed by atoms with Crippen molar-refractivity contribution in [3.8, 4) is 0 Å². The monoisotopic (exact) mass is 263 g/mol. The van der Waals surface area contributed by atoms with Gasteiger partial charge < -0.3 is 5.32 Å². The molecule has 1 heterocycles. The lowest BCUT2D eigenvalue weighted by atomic mass is 10.0. The molecule has 1 aromatic carbocycles. The number of benzene rings is 1. The maximum atomic E-state index is 3.69. The molecular weight excluding hydrogens is 238 g/mol. The van der Waals surface area contributed by atoms with Gasteiger partial charge in [-0.1, -0.05) is 24.6 Å². The smallest absolute Gasteiger partial charge is 0.0292 e. The molecule has 100 valence electrons. The molecule has 0 aromatic heterocycles. The second-order valence-electron chi connectivity index (χ2n) is 5.46. The Kier molecular flexibility index (Phi) is 5.13. The second kappa shape index (κ2) is 6.63. The van der Waals surface area contributed by atoms with Crippen molar-refractivity contribution in [3.05, 3.63) is 34.9 Å². The highest BCUT2D eigenvalue weighted by molar-refractivity contribution is 7.99. The number of hydrogen-bond acceptors (Lipinski definition) is 2. The predicted octanol–water partition coefficient (Wildman–Crippen LogP) is 4.24. The first-order valence-corrected chi connectivity index (χ1v) is 8.14. The summed E-state index contributed by atoms with van der Waals surface area (Å²) in [6.07, 6.45) is 4.21. The zero-order valence-electron chi connectivity index (χ0n) is 11.8. The van der Waals surface area contributed by atoms with E-state index in [4.69, 9.17) is 0 Å². The van der Waals surface area contributed by atoms with Crippen LogP contribution in [0.5, 0.6) is 0 Å². The summed E-state index contributed by atoms with van der Waals surface area (Å²) >= 11 is 2.14. The summed E-state index contributed by atoms with van der Waals surface area (Å²) in [4.78, 5) is 0. The molecule has 2 atom stereocenters. The Bertz CT molecular complexity index is 383. The number of rotatable bonds is 4. The van der Waals surface area contributed by atoms with E-state index in [0.29, 0.717) is 6.04 Å². The maximum Gasteiger partial charge on any atom is 0.0292 e. The van der Waals surface area contributed by atoms with E-state index in [1.807, 2.05) is 0 Å². The molecule has 0 saturated carbocycles. The van der Waals surface area contributed by atoms with Crippen LogP contribution >= 0.6 is 11.8 Å². The molecule has 18 heavy (non-hydrogen) atoms. The lowest BCUT2D eigenvalue weighted by Gasteiger charge is -2.24. The van der Waals surface area contributed by atoms with E-state index in [2.05, 4.69) is 56.0 Å². The van der Waals surface area contributed by atoms with Crippen molar-refractivity contribution in [2.75, 3.05) is 12.3 Å². The molecule has 1 aromatic rings. The average Bonchev–Trinajstić information content (AvgIpc) is 2.40. The molecule has 1 nitrogen and oxygen atoms in total. The molecule has 1 saturated heterocycles. The van der Waals surface area contributed by atoms with Gasteiger partial charge in [-0.05, 0) is 56.1 Å². The standard InChI is InChI=1S/C16H25NS/c1-12-7-8-15(10-13(12)2)14(3)17-11-16-6-4-5-9-18-16/h7-8,10,14,16-17H,4-6,9,11H2,1-3H3. The molecule has 1 aliphatic rings. The second-order valence-corrected chi connectivity index (χ2v) is 6.87. The summed E-state index contributed by atoms with van der Waals surface area (Å²) < 4.78 is 0. The van der Waals surface area contributed by atoms with Crippen molar-refractivity contribution in [2.24, 2.45) is 0 Å². The first-order chi connectivity index (χ1) is 8.66. The zero-order valence-corrected chi connectivity index (χ0v) is 12.6. The summed E-state index contributed by atoms with van der Waals surface area (Å²) in [6.45, 7) is 7.80. The molecular formula is C16H25NS. The molecule has 2 rings (SSSR count). The first-order valence-electron chi connectivity index (χ1n) is 7.09. The van der Waals surface area contributed by atoms with Crippen molar-refractivity contribution >= 4 is 11.8 Å². The van der Waals surface area contributed by atoms with Crippen LogP contribution in [-0.4, -0.2) is 17.5 Å².